The smallest absolute Gasteiger partial charge is 0.274 e. The van der Waals surface area contributed by atoms with E-state index in [-0.39, 0.29) is 12.2 Å². The van der Waals surface area contributed by atoms with Crippen LogP contribution in [0.4, 0.5) is 10.1 Å². The quantitative estimate of drug-likeness (QED) is 0.568. The fraction of sp³-hybridized carbons (Fsp3) is 0.500. The van der Waals surface area contributed by atoms with E-state index in [4.69, 9.17) is 5.26 Å². The van der Waals surface area contributed by atoms with E-state index in [1.54, 1.807) is 0 Å². The summed E-state index contributed by atoms with van der Waals surface area (Å²) in [5, 5.41) is 19.6. The Balaban J connectivity index is 2.94. The third kappa shape index (κ3) is 4.94. The molecule has 0 unspecified atom stereocenters. The van der Waals surface area contributed by atoms with Crippen LogP contribution < -0.4 is 0 Å². The van der Waals surface area contributed by atoms with E-state index in [1.165, 1.54) is 12.1 Å². The summed E-state index contributed by atoms with van der Waals surface area (Å²) in [4.78, 5) is 12.4. The molecule has 1 rings (SSSR count). The van der Waals surface area contributed by atoms with Crippen molar-refractivity contribution in [2.75, 3.05) is 13.1 Å². The highest BCUT2D eigenvalue weighted by Gasteiger charge is 2.17. The van der Waals surface area contributed by atoms with Crippen molar-refractivity contribution in [2.24, 2.45) is 5.92 Å². The molecule has 1 aromatic carbocycles. The average Bonchev–Trinajstić information content (AvgIpc) is 2.35. The van der Waals surface area contributed by atoms with Crippen LogP contribution in [0.2, 0.25) is 0 Å². The van der Waals surface area contributed by atoms with E-state index in [9.17, 15) is 14.5 Å². The summed E-state index contributed by atoms with van der Waals surface area (Å²) >= 11 is 0. The Morgan fingerprint density at radius 3 is 2.75 bits per heavy atom. The molecule has 20 heavy (non-hydrogen) atoms. The lowest BCUT2D eigenvalue weighted by molar-refractivity contribution is -0.385. The molecule has 0 saturated carbocycles. The van der Waals surface area contributed by atoms with Crippen LogP contribution in [0.25, 0.3) is 0 Å². The predicted octanol–water partition coefficient (Wildman–Crippen LogP) is 3.11. The largest absolute Gasteiger partial charge is 0.298 e. The number of nitro benzene ring substituents is 1. The minimum atomic E-state index is -0.507. The zero-order valence-electron chi connectivity index (χ0n) is 11.7. The molecule has 0 aliphatic carbocycles. The van der Waals surface area contributed by atoms with Crippen molar-refractivity contribution in [2.45, 2.75) is 26.8 Å². The second-order valence-corrected chi connectivity index (χ2v) is 5.07. The highest BCUT2D eigenvalue weighted by atomic mass is 19.1. The van der Waals surface area contributed by atoms with Crippen LogP contribution in [-0.4, -0.2) is 22.9 Å². The molecule has 0 aliphatic rings. The number of rotatable bonds is 7. The fourth-order valence-electron chi connectivity index (χ4n) is 2.06. The summed E-state index contributed by atoms with van der Waals surface area (Å²) in [7, 11) is 0. The second-order valence-electron chi connectivity index (χ2n) is 5.07. The summed E-state index contributed by atoms with van der Waals surface area (Å²) in [6.45, 7) is 5.55. The molecule has 0 aliphatic heterocycles. The van der Waals surface area contributed by atoms with Crippen LogP contribution in [0.1, 0.15) is 25.8 Å². The van der Waals surface area contributed by atoms with Gasteiger partial charge in [0.05, 0.1) is 11.0 Å². The van der Waals surface area contributed by atoms with Crippen molar-refractivity contribution in [1.82, 2.24) is 4.90 Å². The van der Waals surface area contributed by atoms with Crippen molar-refractivity contribution < 1.29 is 9.31 Å². The Morgan fingerprint density at radius 1 is 1.50 bits per heavy atom. The van der Waals surface area contributed by atoms with Crippen molar-refractivity contribution in [1.29, 1.82) is 5.26 Å². The van der Waals surface area contributed by atoms with Crippen LogP contribution in [0.3, 0.4) is 0 Å². The van der Waals surface area contributed by atoms with Crippen LogP contribution in [0.15, 0.2) is 18.2 Å². The molecule has 0 radical (unpaired) electrons. The Hall–Kier alpha value is -2.00. The van der Waals surface area contributed by atoms with Crippen molar-refractivity contribution >= 4 is 5.69 Å². The maximum Gasteiger partial charge on any atom is 0.274 e. The number of benzene rings is 1. The van der Waals surface area contributed by atoms with Crippen LogP contribution in [-0.2, 0) is 6.54 Å². The van der Waals surface area contributed by atoms with E-state index in [0.29, 0.717) is 31.0 Å². The standard InChI is InChI=1S/C14H18FN3O2/c1-11(2)9-17(7-3-6-16)10-12-8-13(15)4-5-14(12)18(19)20/h4-5,8,11H,3,7,9-10H2,1-2H3. The van der Waals surface area contributed by atoms with Crippen molar-refractivity contribution in [3.63, 3.8) is 0 Å². The molecule has 0 fully saturated rings. The monoisotopic (exact) mass is 279 g/mol. The fourth-order valence-corrected chi connectivity index (χ4v) is 2.06. The summed E-state index contributed by atoms with van der Waals surface area (Å²) in [6.07, 6.45) is 0.343. The second kappa shape index (κ2) is 7.56. The molecule has 0 N–H and O–H groups in total. The van der Waals surface area contributed by atoms with Crippen LogP contribution in [0.5, 0.6) is 0 Å². The maximum atomic E-state index is 13.3. The molecule has 0 atom stereocenters. The minimum Gasteiger partial charge on any atom is -0.298 e. The lowest BCUT2D eigenvalue weighted by Gasteiger charge is -2.23. The molecular weight excluding hydrogens is 261 g/mol. The van der Waals surface area contributed by atoms with Gasteiger partial charge < -0.3 is 0 Å². The minimum absolute atomic E-state index is 0.0860. The Morgan fingerprint density at radius 2 is 2.20 bits per heavy atom. The van der Waals surface area contributed by atoms with E-state index in [0.717, 1.165) is 6.07 Å². The van der Waals surface area contributed by atoms with E-state index in [1.807, 2.05) is 18.7 Å². The van der Waals surface area contributed by atoms with E-state index < -0.39 is 10.7 Å². The number of halogens is 1. The van der Waals surface area contributed by atoms with Gasteiger partial charge in [-0.1, -0.05) is 13.8 Å². The van der Waals surface area contributed by atoms with Gasteiger partial charge in [-0.25, -0.2) is 4.39 Å². The summed E-state index contributed by atoms with van der Waals surface area (Å²) in [5.74, 6) is -0.128. The highest BCUT2D eigenvalue weighted by Crippen LogP contribution is 2.21. The third-order valence-corrected chi connectivity index (χ3v) is 2.80. The average molecular weight is 279 g/mol. The van der Waals surface area contributed by atoms with Gasteiger partial charge in [0.15, 0.2) is 0 Å². The molecule has 5 nitrogen and oxygen atoms in total. The third-order valence-electron chi connectivity index (χ3n) is 2.80. The van der Waals surface area contributed by atoms with Gasteiger partial charge in [-0.3, -0.25) is 15.0 Å². The molecule has 0 bridgehead atoms. The molecule has 0 amide bonds. The number of hydrogen-bond acceptors (Lipinski definition) is 4. The SMILES string of the molecule is CC(C)CN(CCC#N)Cc1cc(F)ccc1[N+](=O)[O-]. The molecule has 108 valence electrons. The number of nitro groups is 1. The highest BCUT2D eigenvalue weighted by molar-refractivity contribution is 5.40. The van der Waals surface area contributed by atoms with Gasteiger partial charge >= 0.3 is 0 Å². The van der Waals surface area contributed by atoms with Gasteiger partial charge in [0.1, 0.15) is 5.82 Å². The molecule has 0 spiro atoms. The first-order valence-electron chi connectivity index (χ1n) is 6.46. The summed E-state index contributed by atoms with van der Waals surface area (Å²) in [5.41, 5.74) is 0.255. The summed E-state index contributed by atoms with van der Waals surface area (Å²) in [6, 6.07) is 5.52. The first kappa shape index (κ1) is 16.1. The molecule has 0 saturated heterocycles. The zero-order valence-corrected chi connectivity index (χ0v) is 11.7. The van der Waals surface area contributed by atoms with Gasteiger partial charge in [-0.2, -0.15) is 5.26 Å². The number of nitriles is 1. The molecule has 0 aromatic heterocycles. The van der Waals surface area contributed by atoms with E-state index in [2.05, 4.69) is 6.07 Å². The van der Waals surface area contributed by atoms with E-state index >= 15 is 0 Å². The molecular formula is C14H18FN3O2. The normalized spacial score (nSPS) is 10.8. The summed E-state index contributed by atoms with van der Waals surface area (Å²) < 4.78 is 13.3. The lowest BCUT2D eigenvalue weighted by atomic mass is 10.1. The number of nitrogens with zero attached hydrogens (tertiary/aromatic N) is 3. The first-order chi connectivity index (χ1) is 9.43. The zero-order chi connectivity index (χ0) is 15.1. The first-order valence-corrected chi connectivity index (χ1v) is 6.46. The molecule has 0 heterocycles. The van der Waals surface area contributed by atoms with Gasteiger partial charge in [-0.15, -0.1) is 0 Å². The maximum absolute atomic E-state index is 13.3. The van der Waals surface area contributed by atoms with Crippen LogP contribution in [0, 0.1) is 33.2 Å². The van der Waals surface area contributed by atoms with Gasteiger partial charge in [0.2, 0.25) is 0 Å². The number of hydrogen-bond donors (Lipinski definition) is 0. The Labute approximate surface area is 117 Å². The Bertz CT molecular complexity index is 512. The topological polar surface area (TPSA) is 70.2 Å². The van der Waals surface area contributed by atoms with Gasteiger partial charge in [0, 0.05) is 37.7 Å². The molecule has 1 aromatic rings. The Kier molecular flexibility index (Phi) is 6.07. The molecule has 6 heteroatoms. The van der Waals surface area contributed by atoms with Gasteiger partial charge in [0.25, 0.3) is 5.69 Å². The van der Waals surface area contributed by atoms with Crippen molar-refractivity contribution in [3.8, 4) is 6.07 Å². The van der Waals surface area contributed by atoms with Crippen molar-refractivity contribution in [3.05, 3.63) is 39.7 Å². The van der Waals surface area contributed by atoms with Gasteiger partial charge in [-0.05, 0) is 18.1 Å². The lowest BCUT2D eigenvalue weighted by Crippen LogP contribution is -2.28. The predicted molar refractivity (Wildman–Crippen MR) is 73.4 cm³/mol. The van der Waals surface area contributed by atoms with Crippen LogP contribution >= 0.6 is 0 Å².